The molecule has 2 bridgehead atoms. The van der Waals surface area contributed by atoms with Gasteiger partial charge in [-0.3, -0.25) is 14.3 Å². The number of rotatable bonds is 3. The molecule has 2 aromatic heterocycles. The van der Waals surface area contributed by atoms with E-state index in [0.717, 1.165) is 12.4 Å². The summed E-state index contributed by atoms with van der Waals surface area (Å²) in [5, 5.41) is 8.60. The molecule has 4 heterocycles. The van der Waals surface area contributed by atoms with Crippen molar-refractivity contribution >= 4 is 0 Å². The summed E-state index contributed by atoms with van der Waals surface area (Å²) >= 11 is 0. The van der Waals surface area contributed by atoms with E-state index in [-0.39, 0.29) is 0 Å². The zero-order valence-electron chi connectivity index (χ0n) is 11.8. The number of aromatic nitrogens is 5. The molecule has 2 saturated heterocycles. The second-order valence-electron chi connectivity index (χ2n) is 5.97. The number of hydrogen-bond acceptors (Lipinski definition) is 4. The molecule has 4 rings (SSSR count). The van der Waals surface area contributed by atoms with E-state index < -0.39 is 0 Å². The van der Waals surface area contributed by atoms with E-state index in [2.05, 4.69) is 31.0 Å². The molecule has 2 aliphatic heterocycles. The predicted octanol–water partition coefficient (Wildman–Crippen LogP) is 1.38. The maximum Gasteiger partial charge on any atom is 0.140 e. The molecule has 106 valence electrons. The maximum atomic E-state index is 4.42. The molecule has 0 radical (unpaired) electrons. The van der Waals surface area contributed by atoms with Crippen LogP contribution in [0.2, 0.25) is 0 Å². The molecule has 0 amide bonds. The molecule has 0 spiro atoms. The molecule has 0 saturated carbocycles. The predicted molar refractivity (Wildman–Crippen MR) is 73.9 cm³/mol. The van der Waals surface area contributed by atoms with Crippen molar-refractivity contribution < 1.29 is 0 Å². The molecule has 6 nitrogen and oxygen atoms in total. The van der Waals surface area contributed by atoms with Crippen LogP contribution in [0, 0.1) is 0 Å². The average Bonchev–Trinajstić information content (AvgIpc) is 3.14. The molecule has 2 atom stereocenters. The minimum absolute atomic E-state index is 0.568. The van der Waals surface area contributed by atoms with Crippen LogP contribution in [0.4, 0.5) is 0 Å². The Morgan fingerprint density at radius 2 is 1.95 bits per heavy atom. The standard InChI is InChI=1S/C14H20N6/c1-18-14(15-10-17-18)9-19-11-3-4-12(19)8-13(7-11)20-6-2-5-16-20/h2,5-6,10-13H,3-4,7-9H2,1H3. The Balaban J connectivity index is 1.50. The van der Waals surface area contributed by atoms with Crippen molar-refractivity contribution in [3.63, 3.8) is 0 Å². The molecule has 2 aliphatic rings. The van der Waals surface area contributed by atoms with Crippen LogP contribution in [0.25, 0.3) is 0 Å². The number of fused-ring (bicyclic) bond motifs is 2. The van der Waals surface area contributed by atoms with Crippen molar-refractivity contribution in [2.45, 2.75) is 50.4 Å². The third-order valence-corrected chi connectivity index (χ3v) is 4.89. The number of hydrogen-bond donors (Lipinski definition) is 0. The van der Waals surface area contributed by atoms with Gasteiger partial charge in [-0.05, 0) is 31.7 Å². The lowest BCUT2D eigenvalue weighted by Gasteiger charge is -2.38. The molecule has 2 aromatic rings. The average molecular weight is 272 g/mol. The van der Waals surface area contributed by atoms with Crippen LogP contribution in [0.3, 0.4) is 0 Å². The second-order valence-corrected chi connectivity index (χ2v) is 5.97. The van der Waals surface area contributed by atoms with Crippen LogP contribution >= 0.6 is 0 Å². The third-order valence-electron chi connectivity index (χ3n) is 4.89. The van der Waals surface area contributed by atoms with Gasteiger partial charge in [-0.2, -0.15) is 10.2 Å². The lowest BCUT2D eigenvalue weighted by Crippen LogP contribution is -2.43. The van der Waals surface area contributed by atoms with E-state index >= 15 is 0 Å². The Bertz CT molecular complexity index is 560. The Morgan fingerprint density at radius 3 is 2.55 bits per heavy atom. The maximum absolute atomic E-state index is 4.42. The van der Waals surface area contributed by atoms with Crippen molar-refractivity contribution in [1.82, 2.24) is 29.4 Å². The normalized spacial score (nSPS) is 29.9. The molecular formula is C14H20N6. The summed E-state index contributed by atoms with van der Waals surface area (Å²) in [6.45, 7) is 0.928. The lowest BCUT2D eigenvalue weighted by molar-refractivity contribution is 0.0913. The van der Waals surface area contributed by atoms with Gasteiger partial charge in [0.05, 0.1) is 12.6 Å². The molecule has 0 aliphatic carbocycles. The SMILES string of the molecule is Cn1ncnc1CN1C2CCC1CC(n1cccn1)C2. The van der Waals surface area contributed by atoms with Gasteiger partial charge in [-0.15, -0.1) is 0 Å². The van der Waals surface area contributed by atoms with E-state index in [1.165, 1.54) is 25.7 Å². The van der Waals surface area contributed by atoms with E-state index in [0.29, 0.717) is 18.1 Å². The third kappa shape index (κ3) is 1.95. The van der Waals surface area contributed by atoms with E-state index in [9.17, 15) is 0 Å². The summed E-state index contributed by atoms with van der Waals surface area (Å²) in [7, 11) is 1.97. The van der Waals surface area contributed by atoms with Gasteiger partial charge in [0.25, 0.3) is 0 Å². The van der Waals surface area contributed by atoms with E-state index in [1.54, 1.807) is 6.33 Å². The molecule has 20 heavy (non-hydrogen) atoms. The Labute approximate surface area is 118 Å². The monoisotopic (exact) mass is 272 g/mol. The molecule has 2 fully saturated rings. The zero-order chi connectivity index (χ0) is 13.5. The van der Waals surface area contributed by atoms with E-state index in [4.69, 9.17) is 0 Å². The minimum atomic E-state index is 0.568. The van der Waals surface area contributed by atoms with Crippen LogP contribution < -0.4 is 0 Å². The van der Waals surface area contributed by atoms with Crippen molar-refractivity contribution in [3.8, 4) is 0 Å². The number of piperidine rings is 1. The summed E-state index contributed by atoms with van der Waals surface area (Å²) in [5.41, 5.74) is 0. The quantitative estimate of drug-likeness (QED) is 0.847. The Hall–Kier alpha value is -1.69. The molecule has 0 N–H and O–H groups in total. The smallest absolute Gasteiger partial charge is 0.140 e. The van der Waals surface area contributed by atoms with Crippen LogP contribution in [-0.4, -0.2) is 41.5 Å². The highest BCUT2D eigenvalue weighted by atomic mass is 15.4. The molecular weight excluding hydrogens is 252 g/mol. The van der Waals surface area contributed by atoms with E-state index in [1.807, 2.05) is 24.0 Å². The van der Waals surface area contributed by atoms with Crippen LogP contribution in [0.15, 0.2) is 24.8 Å². The Morgan fingerprint density at radius 1 is 1.15 bits per heavy atom. The number of nitrogens with zero attached hydrogens (tertiary/aromatic N) is 6. The first-order chi connectivity index (χ1) is 9.81. The highest BCUT2D eigenvalue weighted by Crippen LogP contribution is 2.41. The highest BCUT2D eigenvalue weighted by Gasteiger charge is 2.41. The van der Waals surface area contributed by atoms with Gasteiger partial charge < -0.3 is 0 Å². The first-order valence-electron chi connectivity index (χ1n) is 7.39. The molecule has 0 aromatic carbocycles. The first kappa shape index (κ1) is 12.1. The lowest BCUT2D eigenvalue weighted by atomic mass is 9.97. The van der Waals surface area contributed by atoms with Crippen LogP contribution in [0.5, 0.6) is 0 Å². The summed E-state index contributed by atoms with van der Waals surface area (Å²) in [6, 6.07) is 3.92. The first-order valence-corrected chi connectivity index (χ1v) is 7.39. The van der Waals surface area contributed by atoms with Crippen molar-refractivity contribution in [3.05, 3.63) is 30.6 Å². The van der Waals surface area contributed by atoms with Gasteiger partial charge in [0.2, 0.25) is 0 Å². The topological polar surface area (TPSA) is 51.8 Å². The van der Waals surface area contributed by atoms with Crippen molar-refractivity contribution in [2.24, 2.45) is 7.05 Å². The fraction of sp³-hybridized carbons (Fsp3) is 0.643. The van der Waals surface area contributed by atoms with Gasteiger partial charge >= 0.3 is 0 Å². The van der Waals surface area contributed by atoms with Crippen molar-refractivity contribution in [2.75, 3.05) is 0 Å². The zero-order valence-corrected chi connectivity index (χ0v) is 11.8. The van der Waals surface area contributed by atoms with Crippen LogP contribution in [0.1, 0.15) is 37.5 Å². The van der Waals surface area contributed by atoms with Gasteiger partial charge in [-0.25, -0.2) is 4.98 Å². The minimum Gasteiger partial charge on any atom is -0.290 e. The van der Waals surface area contributed by atoms with Gasteiger partial charge in [0.1, 0.15) is 12.2 Å². The summed E-state index contributed by atoms with van der Waals surface area (Å²) in [6.07, 6.45) is 10.6. The summed E-state index contributed by atoms with van der Waals surface area (Å²) < 4.78 is 4.03. The van der Waals surface area contributed by atoms with Gasteiger partial charge in [0.15, 0.2) is 0 Å². The molecule has 6 heteroatoms. The van der Waals surface area contributed by atoms with Gasteiger partial charge in [0, 0.05) is 31.5 Å². The second kappa shape index (κ2) is 4.70. The van der Waals surface area contributed by atoms with Crippen LogP contribution in [-0.2, 0) is 13.6 Å². The molecule has 2 unspecified atom stereocenters. The summed E-state index contributed by atoms with van der Waals surface area (Å²) in [5.74, 6) is 1.07. The summed E-state index contributed by atoms with van der Waals surface area (Å²) in [4.78, 5) is 7.00. The highest BCUT2D eigenvalue weighted by molar-refractivity contribution is 4.99. The van der Waals surface area contributed by atoms with Gasteiger partial charge in [-0.1, -0.05) is 0 Å². The fourth-order valence-corrected chi connectivity index (χ4v) is 3.84. The largest absolute Gasteiger partial charge is 0.290 e. The van der Waals surface area contributed by atoms with Crippen molar-refractivity contribution in [1.29, 1.82) is 0 Å². The number of aryl methyl sites for hydroxylation is 1. The Kier molecular flexibility index (Phi) is 2.84. The fourth-order valence-electron chi connectivity index (χ4n) is 3.84.